The molecule has 0 spiro atoms. The van der Waals surface area contributed by atoms with E-state index in [1.165, 1.54) is 41.7 Å². The van der Waals surface area contributed by atoms with Crippen molar-refractivity contribution in [1.82, 2.24) is 8.87 Å². The molecule has 2 aromatic carbocycles. The van der Waals surface area contributed by atoms with Crippen LogP contribution in [0.2, 0.25) is 0 Å². The molecule has 192 valence electrons. The second kappa shape index (κ2) is 10.4. The first kappa shape index (κ1) is 26.5. The predicted octanol–water partition coefficient (Wildman–Crippen LogP) is 3.99. The largest absolute Gasteiger partial charge is 0.312 e. The molecular weight excluding hydrogens is 518 g/mol. The van der Waals surface area contributed by atoms with Gasteiger partial charge < -0.3 is 4.57 Å². The number of sulfone groups is 1. The minimum absolute atomic E-state index is 0.00321. The molecule has 36 heavy (non-hydrogen) atoms. The fourth-order valence-corrected chi connectivity index (χ4v) is 8.00. The SMILES string of the molecule is C=CCn1c(=NC(=O)c2ccc(S(=O)(=O)N3CCCCC3CC)cc2)sc2cc(S(C)(=O)=O)ccc21. The van der Waals surface area contributed by atoms with Crippen LogP contribution in [0.5, 0.6) is 0 Å². The molecule has 0 saturated carbocycles. The van der Waals surface area contributed by atoms with Gasteiger partial charge in [0.15, 0.2) is 14.6 Å². The third kappa shape index (κ3) is 5.24. The van der Waals surface area contributed by atoms with Crippen LogP contribution in [0.25, 0.3) is 10.2 Å². The number of carbonyl (C=O) groups excluding carboxylic acids is 1. The minimum Gasteiger partial charge on any atom is -0.312 e. The fraction of sp³-hybridized carbons (Fsp3) is 0.360. The zero-order chi connectivity index (χ0) is 26.1. The minimum atomic E-state index is -3.64. The third-order valence-electron chi connectivity index (χ3n) is 6.34. The molecule has 8 nitrogen and oxygen atoms in total. The van der Waals surface area contributed by atoms with Crippen LogP contribution in [-0.4, -0.2) is 50.5 Å². The summed E-state index contributed by atoms with van der Waals surface area (Å²) in [5, 5.41) is 0. The number of thiazole rings is 1. The summed E-state index contributed by atoms with van der Waals surface area (Å²) in [7, 11) is -7.02. The van der Waals surface area contributed by atoms with Crippen LogP contribution in [0.1, 0.15) is 43.0 Å². The lowest BCUT2D eigenvalue weighted by Crippen LogP contribution is -2.43. The van der Waals surface area contributed by atoms with Gasteiger partial charge in [-0.1, -0.05) is 30.8 Å². The highest BCUT2D eigenvalue weighted by Crippen LogP contribution is 2.27. The van der Waals surface area contributed by atoms with Crippen molar-refractivity contribution in [1.29, 1.82) is 0 Å². The number of allylic oxidation sites excluding steroid dienone is 1. The molecular formula is C25H29N3O5S3. The van der Waals surface area contributed by atoms with E-state index in [9.17, 15) is 21.6 Å². The van der Waals surface area contributed by atoms with Gasteiger partial charge in [-0.15, -0.1) is 6.58 Å². The Balaban J connectivity index is 1.68. The van der Waals surface area contributed by atoms with Gasteiger partial charge in [-0.05, 0) is 61.7 Å². The Labute approximate surface area is 215 Å². The van der Waals surface area contributed by atoms with Crippen molar-refractivity contribution in [2.24, 2.45) is 4.99 Å². The van der Waals surface area contributed by atoms with E-state index in [1.807, 2.05) is 6.92 Å². The van der Waals surface area contributed by atoms with E-state index in [1.54, 1.807) is 27.1 Å². The summed E-state index contributed by atoms with van der Waals surface area (Å²) < 4.78 is 54.4. The third-order valence-corrected chi connectivity index (χ3v) is 10.5. The number of carbonyl (C=O) groups is 1. The highest BCUT2D eigenvalue weighted by molar-refractivity contribution is 7.90. The van der Waals surface area contributed by atoms with Crippen molar-refractivity contribution in [2.45, 2.75) is 55.0 Å². The van der Waals surface area contributed by atoms with Crippen LogP contribution >= 0.6 is 11.3 Å². The fourth-order valence-electron chi connectivity index (χ4n) is 4.43. The van der Waals surface area contributed by atoms with Gasteiger partial charge in [-0.25, -0.2) is 16.8 Å². The van der Waals surface area contributed by atoms with Crippen molar-refractivity contribution in [3.05, 3.63) is 65.5 Å². The number of benzene rings is 2. The van der Waals surface area contributed by atoms with Gasteiger partial charge in [0.1, 0.15) is 0 Å². The van der Waals surface area contributed by atoms with Crippen LogP contribution in [0.15, 0.2) is 69.9 Å². The van der Waals surface area contributed by atoms with Crippen LogP contribution < -0.4 is 4.80 Å². The Morgan fingerprint density at radius 3 is 2.44 bits per heavy atom. The highest BCUT2D eigenvalue weighted by atomic mass is 32.2. The quantitative estimate of drug-likeness (QED) is 0.416. The number of hydrogen-bond acceptors (Lipinski definition) is 6. The molecule has 3 aromatic rings. The molecule has 1 atom stereocenters. The second-order valence-electron chi connectivity index (χ2n) is 8.80. The van der Waals surface area contributed by atoms with Crippen LogP contribution in [-0.2, 0) is 26.4 Å². The maximum absolute atomic E-state index is 13.2. The molecule has 1 amide bonds. The predicted molar refractivity (Wildman–Crippen MR) is 141 cm³/mol. The van der Waals surface area contributed by atoms with Crippen LogP contribution in [0, 0.1) is 0 Å². The average molecular weight is 548 g/mol. The lowest BCUT2D eigenvalue weighted by atomic mass is 10.0. The first-order valence-corrected chi connectivity index (χ1v) is 15.9. The van der Waals surface area contributed by atoms with Gasteiger partial charge in [0.05, 0.1) is 20.0 Å². The number of aromatic nitrogens is 1. The molecule has 0 aliphatic carbocycles. The van der Waals surface area contributed by atoms with E-state index < -0.39 is 25.8 Å². The van der Waals surface area contributed by atoms with E-state index in [0.29, 0.717) is 22.6 Å². The Hall–Kier alpha value is -2.60. The van der Waals surface area contributed by atoms with E-state index in [0.717, 1.165) is 37.5 Å². The Morgan fingerprint density at radius 1 is 1.11 bits per heavy atom. The molecule has 4 rings (SSSR count). The van der Waals surface area contributed by atoms with Crippen molar-refractivity contribution in [3.8, 4) is 0 Å². The first-order valence-electron chi connectivity index (χ1n) is 11.7. The smallest absolute Gasteiger partial charge is 0.279 e. The number of nitrogens with zero attached hydrogens (tertiary/aromatic N) is 3. The number of rotatable bonds is 7. The maximum Gasteiger partial charge on any atom is 0.279 e. The van der Waals surface area contributed by atoms with Gasteiger partial charge in [-0.2, -0.15) is 9.30 Å². The monoisotopic (exact) mass is 547 g/mol. The number of hydrogen-bond donors (Lipinski definition) is 0. The average Bonchev–Trinajstić information content (AvgIpc) is 3.19. The van der Waals surface area contributed by atoms with Gasteiger partial charge in [0.2, 0.25) is 10.0 Å². The number of fused-ring (bicyclic) bond motifs is 1. The molecule has 1 aromatic heterocycles. The Kier molecular flexibility index (Phi) is 7.65. The number of piperidine rings is 1. The first-order chi connectivity index (χ1) is 17.1. The van der Waals surface area contributed by atoms with E-state index in [-0.39, 0.29) is 21.4 Å². The summed E-state index contributed by atoms with van der Waals surface area (Å²) >= 11 is 1.21. The molecule has 0 N–H and O–H groups in total. The molecule has 1 unspecified atom stereocenters. The van der Waals surface area contributed by atoms with Crippen molar-refractivity contribution >= 4 is 47.3 Å². The maximum atomic E-state index is 13.2. The van der Waals surface area contributed by atoms with Crippen molar-refractivity contribution < 1.29 is 21.6 Å². The molecule has 11 heteroatoms. The molecule has 1 aliphatic heterocycles. The van der Waals surface area contributed by atoms with Gasteiger partial charge in [0.25, 0.3) is 5.91 Å². The summed E-state index contributed by atoms with van der Waals surface area (Å²) in [6, 6.07) is 10.7. The second-order valence-corrected chi connectivity index (χ2v) is 13.7. The zero-order valence-electron chi connectivity index (χ0n) is 20.3. The summed E-state index contributed by atoms with van der Waals surface area (Å²) in [4.78, 5) is 18.0. The lowest BCUT2D eigenvalue weighted by Gasteiger charge is -2.34. The molecule has 0 radical (unpaired) electrons. The molecule has 2 heterocycles. The van der Waals surface area contributed by atoms with Crippen molar-refractivity contribution in [2.75, 3.05) is 12.8 Å². The Morgan fingerprint density at radius 2 is 1.81 bits per heavy atom. The standard InChI is InChI=1S/C25H29N3O5S3/c1-4-15-27-22-14-13-21(35(3,30)31)17-23(22)34-25(27)26-24(29)18-9-11-20(12-10-18)36(32,33)28-16-7-6-8-19(28)5-2/h4,9-14,17,19H,1,5-8,15-16H2,2-3H3. The van der Waals surface area contributed by atoms with Gasteiger partial charge in [0, 0.05) is 31.0 Å². The van der Waals surface area contributed by atoms with Crippen LogP contribution in [0.3, 0.4) is 0 Å². The highest BCUT2D eigenvalue weighted by Gasteiger charge is 2.32. The number of amides is 1. The zero-order valence-corrected chi connectivity index (χ0v) is 22.7. The van der Waals surface area contributed by atoms with E-state index in [4.69, 9.17) is 0 Å². The summed E-state index contributed by atoms with van der Waals surface area (Å²) in [5.41, 5.74) is 1.01. The number of sulfonamides is 1. The van der Waals surface area contributed by atoms with Gasteiger partial charge >= 0.3 is 0 Å². The summed E-state index contributed by atoms with van der Waals surface area (Å²) in [6.07, 6.45) is 6.31. The van der Waals surface area contributed by atoms with E-state index >= 15 is 0 Å². The van der Waals surface area contributed by atoms with Crippen LogP contribution in [0.4, 0.5) is 0 Å². The molecule has 1 aliphatic rings. The topological polar surface area (TPSA) is 106 Å². The lowest BCUT2D eigenvalue weighted by molar-refractivity contribution is 0.0997. The summed E-state index contributed by atoms with van der Waals surface area (Å²) in [6.45, 7) is 6.65. The summed E-state index contributed by atoms with van der Waals surface area (Å²) in [5.74, 6) is -0.518. The van der Waals surface area contributed by atoms with Crippen molar-refractivity contribution in [3.63, 3.8) is 0 Å². The van der Waals surface area contributed by atoms with Gasteiger partial charge in [-0.3, -0.25) is 4.79 Å². The molecule has 1 fully saturated rings. The molecule has 1 saturated heterocycles. The normalized spacial score (nSPS) is 17.9. The Bertz CT molecular complexity index is 1580. The molecule has 0 bridgehead atoms. The van der Waals surface area contributed by atoms with E-state index in [2.05, 4.69) is 11.6 Å².